The van der Waals surface area contributed by atoms with Crippen molar-refractivity contribution < 1.29 is 5.11 Å². The molecule has 0 spiro atoms. The first kappa shape index (κ1) is 16.2. The van der Waals surface area contributed by atoms with Crippen LogP contribution in [0.2, 0.25) is 0 Å². The van der Waals surface area contributed by atoms with Gasteiger partial charge in [-0.05, 0) is 35.7 Å². The monoisotopic (exact) mass is 244 g/mol. The third-order valence-corrected chi connectivity index (χ3v) is 2.30. The van der Waals surface area contributed by atoms with Gasteiger partial charge >= 0.3 is 0 Å². The Balaban J connectivity index is 0.000000659. The predicted octanol–water partition coefficient (Wildman–Crippen LogP) is 5.42. The summed E-state index contributed by atoms with van der Waals surface area (Å²) in [6.07, 6.45) is 0. The molecule has 2 aromatic rings. The number of benzene rings is 2. The standard InChI is InChI=1S/C13H12O.2C2H6/c1-10-9-12(7-8-13(10)14)11-5-3-2-4-6-11;2*1-2/h2-9,14H,1H3;2*1-2H3. The maximum Gasteiger partial charge on any atom is 0.118 e. The van der Waals surface area contributed by atoms with Crippen molar-refractivity contribution in [2.45, 2.75) is 34.6 Å². The minimum atomic E-state index is 0.352. The number of aryl methyl sites for hydroxylation is 1. The zero-order valence-corrected chi connectivity index (χ0v) is 12.1. The Morgan fingerprint density at radius 3 is 1.78 bits per heavy atom. The number of rotatable bonds is 1. The fraction of sp³-hybridized carbons (Fsp3) is 0.294. The van der Waals surface area contributed by atoms with Gasteiger partial charge in [0.15, 0.2) is 0 Å². The van der Waals surface area contributed by atoms with E-state index in [1.54, 1.807) is 6.07 Å². The quantitative estimate of drug-likeness (QED) is 0.710. The van der Waals surface area contributed by atoms with E-state index >= 15 is 0 Å². The van der Waals surface area contributed by atoms with E-state index in [9.17, 15) is 5.11 Å². The first-order valence-corrected chi connectivity index (χ1v) is 6.62. The molecule has 1 nitrogen and oxygen atoms in total. The molecule has 2 rings (SSSR count). The lowest BCUT2D eigenvalue weighted by molar-refractivity contribution is 0.471. The molecule has 0 heterocycles. The largest absolute Gasteiger partial charge is 0.508 e. The molecule has 0 unspecified atom stereocenters. The molecule has 2 aromatic carbocycles. The number of phenols is 1. The lowest BCUT2D eigenvalue weighted by atomic mass is 10.0. The van der Waals surface area contributed by atoms with Crippen molar-refractivity contribution in [1.82, 2.24) is 0 Å². The van der Waals surface area contributed by atoms with Gasteiger partial charge in [-0.25, -0.2) is 0 Å². The molecule has 0 amide bonds. The van der Waals surface area contributed by atoms with E-state index < -0.39 is 0 Å². The van der Waals surface area contributed by atoms with Crippen molar-refractivity contribution in [3.8, 4) is 16.9 Å². The molecule has 0 atom stereocenters. The number of hydrogen-bond acceptors (Lipinski definition) is 1. The highest BCUT2D eigenvalue weighted by molar-refractivity contribution is 5.65. The second kappa shape index (κ2) is 9.29. The Hall–Kier alpha value is -1.76. The highest BCUT2D eigenvalue weighted by atomic mass is 16.3. The Labute approximate surface area is 111 Å². The maximum absolute atomic E-state index is 9.39. The molecular formula is C17H24O. The van der Waals surface area contributed by atoms with Crippen molar-refractivity contribution >= 4 is 0 Å². The van der Waals surface area contributed by atoms with Crippen LogP contribution in [0.25, 0.3) is 11.1 Å². The van der Waals surface area contributed by atoms with Crippen molar-refractivity contribution in [2.75, 3.05) is 0 Å². The summed E-state index contributed by atoms with van der Waals surface area (Å²) >= 11 is 0. The minimum Gasteiger partial charge on any atom is -0.508 e. The molecule has 0 aliphatic rings. The zero-order valence-electron chi connectivity index (χ0n) is 12.1. The first-order valence-electron chi connectivity index (χ1n) is 6.62. The number of hydrogen-bond donors (Lipinski definition) is 1. The van der Waals surface area contributed by atoms with Gasteiger partial charge in [-0.1, -0.05) is 64.1 Å². The van der Waals surface area contributed by atoms with Crippen molar-refractivity contribution in [3.05, 3.63) is 54.1 Å². The number of phenolic OH excluding ortho intramolecular Hbond substituents is 1. The van der Waals surface area contributed by atoms with Gasteiger partial charge in [0, 0.05) is 0 Å². The molecule has 0 aliphatic carbocycles. The van der Waals surface area contributed by atoms with Crippen LogP contribution in [0.4, 0.5) is 0 Å². The lowest BCUT2D eigenvalue weighted by Gasteiger charge is -2.03. The van der Waals surface area contributed by atoms with Gasteiger partial charge in [0.25, 0.3) is 0 Å². The molecule has 0 bridgehead atoms. The fourth-order valence-electron chi connectivity index (χ4n) is 1.47. The van der Waals surface area contributed by atoms with Crippen LogP contribution in [0.3, 0.4) is 0 Å². The Morgan fingerprint density at radius 1 is 0.722 bits per heavy atom. The van der Waals surface area contributed by atoms with Crippen LogP contribution in [-0.4, -0.2) is 5.11 Å². The summed E-state index contributed by atoms with van der Waals surface area (Å²) < 4.78 is 0. The van der Waals surface area contributed by atoms with E-state index in [0.717, 1.165) is 11.1 Å². The first-order chi connectivity index (χ1) is 8.77. The Morgan fingerprint density at radius 2 is 1.28 bits per heavy atom. The molecule has 18 heavy (non-hydrogen) atoms. The van der Waals surface area contributed by atoms with E-state index in [1.165, 1.54) is 5.56 Å². The lowest BCUT2D eigenvalue weighted by Crippen LogP contribution is -1.79. The SMILES string of the molecule is CC.CC.Cc1cc(-c2ccccc2)ccc1O. The van der Waals surface area contributed by atoms with Gasteiger partial charge in [0.05, 0.1) is 0 Å². The zero-order chi connectivity index (χ0) is 14.0. The smallest absolute Gasteiger partial charge is 0.118 e. The third kappa shape index (κ3) is 4.62. The summed E-state index contributed by atoms with van der Waals surface area (Å²) in [5.74, 6) is 0.352. The average Bonchev–Trinajstić information content (AvgIpc) is 2.47. The van der Waals surface area contributed by atoms with Gasteiger partial charge in [-0.2, -0.15) is 0 Å². The van der Waals surface area contributed by atoms with Gasteiger partial charge in [-0.15, -0.1) is 0 Å². The molecule has 1 N–H and O–H groups in total. The summed E-state index contributed by atoms with van der Waals surface area (Å²) in [7, 11) is 0. The van der Waals surface area contributed by atoms with Crippen LogP contribution in [0, 0.1) is 6.92 Å². The highest BCUT2D eigenvalue weighted by Crippen LogP contribution is 2.24. The maximum atomic E-state index is 9.39. The Kier molecular flexibility index (Phi) is 8.38. The fourth-order valence-corrected chi connectivity index (χ4v) is 1.47. The normalized spacial score (nSPS) is 8.50. The topological polar surface area (TPSA) is 20.2 Å². The molecule has 0 saturated heterocycles. The molecule has 0 radical (unpaired) electrons. The van der Waals surface area contributed by atoms with Crippen LogP contribution < -0.4 is 0 Å². The van der Waals surface area contributed by atoms with E-state index in [1.807, 2.05) is 65.0 Å². The molecule has 98 valence electrons. The van der Waals surface area contributed by atoms with E-state index in [4.69, 9.17) is 0 Å². The van der Waals surface area contributed by atoms with Gasteiger partial charge in [0.2, 0.25) is 0 Å². The molecule has 1 heteroatoms. The predicted molar refractivity (Wildman–Crippen MR) is 81.0 cm³/mol. The third-order valence-electron chi connectivity index (χ3n) is 2.30. The van der Waals surface area contributed by atoms with Gasteiger partial charge < -0.3 is 5.11 Å². The minimum absolute atomic E-state index is 0.352. The van der Waals surface area contributed by atoms with Crippen LogP contribution in [0.1, 0.15) is 33.3 Å². The highest BCUT2D eigenvalue weighted by Gasteiger charge is 1.99. The van der Waals surface area contributed by atoms with Crippen molar-refractivity contribution in [1.29, 1.82) is 0 Å². The summed E-state index contributed by atoms with van der Waals surface area (Å²) in [5, 5.41) is 9.39. The molecule has 0 saturated carbocycles. The molecule has 0 fully saturated rings. The van der Waals surface area contributed by atoms with Gasteiger partial charge in [-0.3, -0.25) is 0 Å². The van der Waals surface area contributed by atoms with Crippen LogP contribution >= 0.6 is 0 Å². The van der Waals surface area contributed by atoms with Crippen molar-refractivity contribution in [3.63, 3.8) is 0 Å². The van der Waals surface area contributed by atoms with Crippen LogP contribution in [0.15, 0.2) is 48.5 Å². The summed E-state index contributed by atoms with van der Waals surface area (Å²) in [6, 6.07) is 15.8. The molecule has 0 aromatic heterocycles. The van der Waals surface area contributed by atoms with E-state index in [0.29, 0.717) is 5.75 Å². The van der Waals surface area contributed by atoms with Gasteiger partial charge in [0.1, 0.15) is 5.75 Å². The summed E-state index contributed by atoms with van der Waals surface area (Å²) in [5.41, 5.74) is 3.22. The second-order valence-electron chi connectivity index (χ2n) is 3.37. The molecule has 0 aliphatic heterocycles. The van der Waals surface area contributed by atoms with Crippen LogP contribution in [-0.2, 0) is 0 Å². The summed E-state index contributed by atoms with van der Waals surface area (Å²) in [4.78, 5) is 0. The van der Waals surface area contributed by atoms with E-state index in [2.05, 4.69) is 12.1 Å². The van der Waals surface area contributed by atoms with E-state index in [-0.39, 0.29) is 0 Å². The number of aromatic hydroxyl groups is 1. The Bertz CT molecular complexity index is 433. The average molecular weight is 244 g/mol. The van der Waals surface area contributed by atoms with Crippen LogP contribution in [0.5, 0.6) is 5.75 Å². The molecular weight excluding hydrogens is 220 g/mol. The summed E-state index contributed by atoms with van der Waals surface area (Å²) in [6.45, 7) is 9.90. The van der Waals surface area contributed by atoms with Crippen molar-refractivity contribution in [2.24, 2.45) is 0 Å². The second-order valence-corrected chi connectivity index (χ2v) is 3.37.